The molecule has 0 aliphatic heterocycles. The van der Waals surface area contributed by atoms with Gasteiger partial charge in [-0.05, 0) is 39.7 Å². The molecule has 0 aromatic heterocycles. The van der Waals surface area contributed by atoms with Crippen LogP contribution in [0.4, 0.5) is 0 Å². The fraction of sp³-hybridized carbons (Fsp3) is 0.304. The predicted octanol–water partition coefficient (Wildman–Crippen LogP) is 5.67. The Labute approximate surface area is 138 Å². The Morgan fingerprint density at radius 2 is 1.43 bits per heavy atom. The van der Waals surface area contributed by atoms with Crippen molar-refractivity contribution in [3.63, 3.8) is 0 Å². The van der Waals surface area contributed by atoms with E-state index < -0.39 is 0 Å². The first-order valence-electron chi connectivity index (χ1n) is 8.60. The van der Waals surface area contributed by atoms with Crippen molar-refractivity contribution in [2.45, 2.75) is 43.4 Å². The van der Waals surface area contributed by atoms with Crippen molar-refractivity contribution in [2.24, 2.45) is 0 Å². The normalized spacial score (nSPS) is 29.3. The van der Waals surface area contributed by atoms with Gasteiger partial charge in [-0.15, -0.1) is 0 Å². The highest BCUT2D eigenvalue weighted by molar-refractivity contribution is 5.84. The second-order valence-electron chi connectivity index (χ2n) is 8.39. The molecule has 114 valence electrons. The van der Waals surface area contributed by atoms with Crippen LogP contribution in [0, 0.1) is 0 Å². The van der Waals surface area contributed by atoms with E-state index in [-0.39, 0.29) is 16.2 Å². The Kier molecular flexibility index (Phi) is 2.25. The van der Waals surface area contributed by atoms with E-state index in [1.165, 1.54) is 34.2 Å². The van der Waals surface area contributed by atoms with E-state index in [0.717, 1.165) is 0 Å². The number of allylic oxidation sites excluding steroid dienone is 4. The molecule has 2 aromatic rings. The summed E-state index contributed by atoms with van der Waals surface area (Å²) in [5.41, 5.74) is 7.91. The van der Waals surface area contributed by atoms with Crippen molar-refractivity contribution in [2.75, 3.05) is 0 Å². The summed E-state index contributed by atoms with van der Waals surface area (Å²) < 4.78 is 0. The molecule has 0 heterocycles. The maximum absolute atomic E-state index is 2.48. The molecule has 0 radical (unpaired) electrons. The summed E-state index contributed by atoms with van der Waals surface area (Å²) in [6.07, 6.45) is 10.6. The smallest absolute Gasteiger partial charge is 0.0285 e. The Bertz CT molecular complexity index is 890. The minimum atomic E-state index is 0.187. The fourth-order valence-corrected chi connectivity index (χ4v) is 4.82. The van der Waals surface area contributed by atoms with Crippen LogP contribution in [0.5, 0.6) is 0 Å². The molecule has 2 unspecified atom stereocenters. The Balaban J connectivity index is 1.86. The van der Waals surface area contributed by atoms with Crippen molar-refractivity contribution in [3.05, 3.63) is 83.5 Å². The Morgan fingerprint density at radius 3 is 2.17 bits per heavy atom. The van der Waals surface area contributed by atoms with Crippen molar-refractivity contribution >= 4 is 0 Å². The lowest BCUT2D eigenvalue weighted by Crippen LogP contribution is -2.26. The number of hydrogen-bond donors (Lipinski definition) is 0. The van der Waals surface area contributed by atoms with E-state index in [2.05, 4.69) is 87.5 Å². The Hall–Kier alpha value is -2.08. The van der Waals surface area contributed by atoms with Crippen molar-refractivity contribution in [3.8, 4) is 11.1 Å². The Morgan fingerprint density at radius 1 is 0.783 bits per heavy atom. The van der Waals surface area contributed by atoms with Gasteiger partial charge in [0.1, 0.15) is 0 Å². The molecule has 23 heavy (non-hydrogen) atoms. The van der Waals surface area contributed by atoms with Crippen LogP contribution in [0.25, 0.3) is 11.1 Å². The van der Waals surface area contributed by atoms with Gasteiger partial charge in [0, 0.05) is 10.8 Å². The van der Waals surface area contributed by atoms with Gasteiger partial charge in [0.2, 0.25) is 0 Å². The zero-order valence-corrected chi connectivity index (χ0v) is 14.1. The molecule has 2 atom stereocenters. The van der Waals surface area contributed by atoms with Crippen LogP contribution in [0.15, 0.2) is 66.8 Å². The average molecular weight is 298 g/mol. The summed E-state index contributed by atoms with van der Waals surface area (Å²) in [7, 11) is 0. The molecule has 0 spiro atoms. The van der Waals surface area contributed by atoms with E-state index in [0.29, 0.717) is 0 Å². The maximum atomic E-state index is 2.48. The molecular formula is C23H22. The lowest BCUT2D eigenvalue weighted by molar-refractivity contribution is 0.587. The van der Waals surface area contributed by atoms with Gasteiger partial charge in [-0.3, -0.25) is 0 Å². The topological polar surface area (TPSA) is 0 Å². The predicted molar refractivity (Wildman–Crippen MR) is 96.8 cm³/mol. The monoisotopic (exact) mass is 298 g/mol. The first-order valence-corrected chi connectivity index (χ1v) is 8.60. The van der Waals surface area contributed by atoms with Gasteiger partial charge in [-0.2, -0.15) is 0 Å². The van der Waals surface area contributed by atoms with E-state index in [9.17, 15) is 0 Å². The molecule has 0 nitrogen and oxygen atoms in total. The highest BCUT2D eigenvalue weighted by Gasteiger charge is 2.69. The summed E-state index contributed by atoms with van der Waals surface area (Å²) in [6.45, 7) is 6.92. The highest BCUT2D eigenvalue weighted by Crippen LogP contribution is 2.73. The molecular weight excluding hydrogens is 276 g/mol. The molecule has 3 aliphatic carbocycles. The van der Waals surface area contributed by atoms with Gasteiger partial charge in [-0.25, -0.2) is 0 Å². The average Bonchev–Trinajstić information content (AvgIpc) is 3.26. The number of benzene rings is 2. The third kappa shape index (κ3) is 1.47. The summed E-state index contributed by atoms with van der Waals surface area (Å²) in [4.78, 5) is 0. The quantitative estimate of drug-likeness (QED) is 0.588. The lowest BCUT2D eigenvalue weighted by atomic mass is 9.69. The van der Waals surface area contributed by atoms with Crippen LogP contribution in [0.1, 0.15) is 43.9 Å². The van der Waals surface area contributed by atoms with Crippen LogP contribution in [-0.2, 0) is 16.2 Å². The van der Waals surface area contributed by atoms with Gasteiger partial charge >= 0.3 is 0 Å². The zero-order valence-electron chi connectivity index (χ0n) is 14.1. The molecule has 5 rings (SSSR count). The highest BCUT2D eigenvalue weighted by atomic mass is 14.7. The van der Waals surface area contributed by atoms with Crippen LogP contribution >= 0.6 is 0 Å². The number of fused-ring (bicyclic) bond motifs is 3. The van der Waals surface area contributed by atoms with E-state index in [1.807, 2.05) is 0 Å². The molecule has 2 aromatic carbocycles. The molecule has 3 aliphatic rings. The standard InChI is InChI=1S/C23H22/c1-21(2,3)16-10-11-18-17-8-4-5-9-19(17)22-12-6-7-13-23(22,15-22)20(18)14-16/h4-14H,15H2,1-3H3. The largest absolute Gasteiger partial charge is 0.0727 e. The van der Waals surface area contributed by atoms with Crippen molar-refractivity contribution < 1.29 is 0 Å². The molecule has 0 saturated heterocycles. The SMILES string of the molecule is CC(C)(C)c1ccc2c(c1)C13C=CC=CC1(C3)c1ccccc1-2. The summed E-state index contributed by atoms with van der Waals surface area (Å²) in [5.74, 6) is 0. The van der Waals surface area contributed by atoms with E-state index in [1.54, 1.807) is 0 Å². The van der Waals surface area contributed by atoms with Gasteiger partial charge in [0.25, 0.3) is 0 Å². The maximum Gasteiger partial charge on any atom is 0.0285 e. The van der Waals surface area contributed by atoms with Crippen molar-refractivity contribution in [1.29, 1.82) is 0 Å². The first-order chi connectivity index (χ1) is 11.0. The number of rotatable bonds is 0. The van der Waals surface area contributed by atoms with Gasteiger partial charge in [-0.1, -0.05) is 87.5 Å². The second-order valence-corrected chi connectivity index (χ2v) is 8.39. The number of hydrogen-bond acceptors (Lipinski definition) is 0. The van der Waals surface area contributed by atoms with Gasteiger partial charge in [0.15, 0.2) is 0 Å². The zero-order chi connectivity index (χ0) is 15.9. The van der Waals surface area contributed by atoms with E-state index >= 15 is 0 Å². The van der Waals surface area contributed by atoms with Crippen molar-refractivity contribution in [1.82, 2.24) is 0 Å². The molecule has 0 bridgehead atoms. The van der Waals surface area contributed by atoms with Gasteiger partial charge in [0.05, 0.1) is 0 Å². The lowest BCUT2D eigenvalue weighted by Gasteiger charge is -2.34. The molecule has 0 heteroatoms. The molecule has 1 fully saturated rings. The third-order valence-corrected chi connectivity index (χ3v) is 6.17. The third-order valence-electron chi connectivity index (χ3n) is 6.17. The van der Waals surface area contributed by atoms with Crippen LogP contribution in [0.2, 0.25) is 0 Å². The summed E-state index contributed by atoms with van der Waals surface area (Å²) in [6, 6.07) is 16.2. The van der Waals surface area contributed by atoms with Gasteiger partial charge < -0.3 is 0 Å². The van der Waals surface area contributed by atoms with E-state index in [4.69, 9.17) is 0 Å². The van der Waals surface area contributed by atoms with Crippen LogP contribution in [0.3, 0.4) is 0 Å². The molecule has 0 amide bonds. The van der Waals surface area contributed by atoms with Crippen LogP contribution in [-0.4, -0.2) is 0 Å². The van der Waals surface area contributed by atoms with Crippen LogP contribution < -0.4 is 0 Å². The molecule has 1 saturated carbocycles. The fourth-order valence-electron chi connectivity index (χ4n) is 4.82. The minimum absolute atomic E-state index is 0.187. The summed E-state index contributed by atoms with van der Waals surface area (Å²) in [5, 5.41) is 0. The summed E-state index contributed by atoms with van der Waals surface area (Å²) >= 11 is 0. The molecule has 0 N–H and O–H groups in total. The minimum Gasteiger partial charge on any atom is -0.0727 e. The first kappa shape index (κ1) is 13.4. The second kappa shape index (κ2) is 3.87.